The molecule has 4 rings (SSSR count). The van der Waals surface area contributed by atoms with Gasteiger partial charge in [-0.3, -0.25) is 10.2 Å². The summed E-state index contributed by atoms with van der Waals surface area (Å²) in [5.41, 5.74) is 1.59. The van der Waals surface area contributed by atoms with E-state index < -0.39 is 17.6 Å². The molecule has 2 N–H and O–H groups in total. The molecular weight excluding hydrogens is 397 g/mol. The van der Waals surface area contributed by atoms with Gasteiger partial charge in [0.05, 0.1) is 24.5 Å². The number of methoxy groups -OCH3 is 1. The Kier molecular flexibility index (Phi) is 4.11. The highest BCUT2D eigenvalue weighted by Crippen LogP contribution is 2.44. The highest BCUT2D eigenvalue weighted by molar-refractivity contribution is 6.33. The van der Waals surface area contributed by atoms with Crippen molar-refractivity contribution in [3.63, 3.8) is 0 Å². The lowest BCUT2D eigenvalue weighted by atomic mass is 10.0. The van der Waals surface area contributed by atoms with Crippen LogP contribution in [-0.2, 0) is 13.0 Å². The third kappa shape index (κ3) is 2.63. The van der Waals surface area contributed by atoms with Crippen molar-refractivity contribution in [2.24, 2.45) is 7.05 Å². The first-order valence-corrected chi connectivity index (χ1v) is 8.46. The van der Waals surface area contributed by atoms with Crippen LogP contribution in [0.2, 0.25) is 5.02 Å². The van der Waals surface area contributed by atoms with Gasteiger partial charge < -0.3 is 9.30 Å². The topological polar surface area (TPSA) is 84.4 Å². The minimum Gasteiger partial charge on any atom is -0.495 e. The summed E-state index contributed by atoms with van der Waals surface area (Å²) >= 11 is 6.07. The molecule has 4 aromatic rings. The van der Waals surface area contributed by atoms with Gasteiger partial charge in [0.15, 0.2) is 17.5 Å². The number of halogens is 4. The van der Waals surface area contributed by atoms with Gasteiger partial charge in [0.25, 0.3) is 0 Å². The molecule has 0 unspecified atom stereocenters. The van der Waals surface area contributed by atoms with E-state index in [4.69, 9.17) is 16.3 Å². The highest BCUT2D eigenvalue weighted by Gasteiger charge is 2.32. The normalized spacial score (nSPS) is 12.1. The SMILES string of the molecule is COc1cc2c(-c3cn[nH]c3)c(-c3n[nH]c(C(C)(F)F)n3)n(C)c2c(F)c1Cl. The zero-order valence-electron chi connectivity index (χ0n) is 14.9. The molecule has 11 heteroatoms. The van der Waals surface area contributed by atoms with Crippen LogP contribution in [-0.4, -0.2) is 37.1 Å². The minimum absolute atomic E-state index is 0.0130. The number of nitrogens with one attached hydrogen (secondary N) is 2. The molecule has 3 heterocycles. The van der Waals surface area contributed by atoms with Crippen molar-refractivity contribution in [2.45, 2.75) is 12.8 Å². The molecule has 0 saturated heterocycles. The van der Waals surface area contributed by atoms with Gasteiger partial charge in [-0.15, -0.1) is 0 Å². The van der Waals surface area contributed by atoms with Gasteiger partial charge in [0.1, 0.15) is 10.8 Å². The van der Waals surface area contributed by atoms with Crippen LogP contribution in [0, 0.1) is 5.82 Å². The number of hydrogen-bond donors (Lipinski definition) is 2. The first-order valence-electron chi connectivity index (χ1n) is 8.08. The number of benzene rings is 1. The smallest absolute Gasteiger partial charge is 0.303 e. The first-order chi connectivity index (χ1) is 13.2. The van der Waals surface area contributed by atoms with Crippen LogP contribution >= 0.6 is 11.6 Å². The van der Waals surface area contributed by atoms with Crippen LogP contribution in [0.3, 0.4) is 0 Å². The van der Waals surface area contributed by atoms with E-state index in [-0.39, 0.29) is 22.1 Å². The number of nitrogens with zero attached hydrogens (tertiary/aromatic N) is 4. The molecule has 3 aromatic heterocycles. The molecular formula is C17H14ClF3N6O. The summed E-state index contributed by atoms with van der Waals surface area (Å²) in [5.74, 6) is -4.37. The standard InChI is InChI=1S/C17H14ClF3N6O/c1-17(20,21)16-24-15(25-26-16)14-10(7-5-22-23-6-7)8-4-9(28-3)11(18)12(19)13(8)27(14)2/h4-6H,1-3H3,(H,22,23)(H,24,25,26). The van der Waals surface area contributed by atoms with Crippen LogP contribution < -0.4 is 4.74 Å². The fraction of sp³-hybridized carbons (Fsp3) is 0.235. The van der Waals surface area contributed by atoms with Gasteiger partial charge in [0, 0.05) is 36.7 Å². The molecule has 0 radical (unpaired) electrons. The number of aromatic amines is 2. The fourth-order valence-corrected chi connectivity index (χ4v) is 3.39. The van der Waals surface area contributed by atoms with Crippen molar-refractivity contribution >= 4 is 22.5 Å². The molecule has 0 fully saturated rings. The van der Waals surface area contributed by atoms with Crippen molar-refractivity contribution in [3.05, 3.63) is 35.1 Å². The van der Waals surface area contributed by atoms with E-state index in [1.54, 1.807) is 19.3 Å². The number of rotatable bonds is 4. The van der Waals surface area contributed by atoms with E-state index >= 15 is 4.39 Å². The van der Waals surface area contributed by atoms with Gasteiger partial charge in [-0.25, -0.2) is 9.37 Å². The molecule has 0 atom stereocenters. The van der Waals surface area contributed by atoms with E-state index in [1.807, 2.05) is 0 Å². The molecule has 0 bridgehead atoms. The maximum atomic E-state index is 15.0. The lowest BCUT2D eigenvalue weighted by Crippen LogP contribution is -2.09. The predicted octanol–water partition coefficient (Wildman–Crippen LogP) is 4.27. The minimum atomic E-state index is -3.20. The number of ether oxygens (including phenoxy) is 1. The molecule has 0 aliphatic rings. The summed E-state index contributed by atoms with van der Waals surface area (Å²) in [7, 11) is 2.95. The third-order valence-corrected chi connectivity index (χ3v) is 4.80. The lowest BCUT2D eigenvalue weighted by Gasteiger charge is -2.06. The van der Waals surface area contributed by atoms with Crippen LogP contribution in [0.15, 0.2) is 18.5 Å². The van der Waals surface area contributed by atoms with Crippen LogP contribution in [0.1, 0.15) is 12.7 Å². The summed E-state index contributed by atoms with van der Waals surface area (Å²) in [6, 6.07) is 1.58. The quantitative estimate of drug-likeness (QED) is 0.526. The summed E-state index contributed by atoms with van der Waals surface area (Å²) in [6.07, 6.45) is 3.12. The van der Waals surface area contributed by atoms with Crippen molar-refractivity contribution in [1.29, 1.82) is 0 Å². The first kappa shape index (κ1) is 18.4. The Morgan fingerprint density at radius 1 is 1.32 bits per heavy atom. The fourth-order valence-electron chi connectivity index (χ4n) is 3.17. The van der Waals surface area contributed by atoms with Crippen molar-refractivity contribution < 1.29 is 17.9 Å². The van der Waals surface area contributed by atoms with Crippen LogP contribution in [0.5, 0.6) is 5.75 Å². The second-order valence-corrected chi connectivity index (χ2v) is 6.65. The van der Waals surface area contributed by atoms with Crippen molar-refractivity contribution in [1.82, 2.24) is 29.9 Å². The molecule has 0 aliphatic heterocycles. The van der Waals surface area contributed by atoms with Gasteiger partial charge in [-0.05, 0) is 6.07 Å². The maximum absolute atomic E-state index is 15.0. The Labute approximate surface area is 161 Å². The maximum Gasteiger partial charge on any atom is 0.303 e. The number of fused-ring (bicyclic) bond motifs is 1. The van der Waals surface area contributed by atoms with Gasteiger partial charge in [0.2, 0.25) is 0 Å². The van der Waals surface area contributed by atoms with E-state index in [0.717, 1.165) is 0 Å². The molecule has 0 spiro atoms. The summed E-state index contributed by atoms with van der Waals surface area (Å²) < 4.78 is 48.9. The molecule has 28 heavy (non-hydrogen) atoms. The van der Waals surface area contributed by atoms with Gasteiger partial charge in [-0.2, -0.15) is 19.0 Å². The third-order valence-electron chi connectivity index (χ3n) is 4.44. The number of aromatic nitrogens is 6. The Morgan fingerprint density at radius 2 is 2.07 bits per heavy atom. The Balaban J connectivity index is 2.11. The second kappa shape index (κ2) is 6.26. The molecule has 146 valence electrons. The zero-order valence-corrected chi connectivity index (χ0v) is 15.7. The van der Waals surface area contributed by atoms with Crippen LogP contribution in [0.25, 0.3) is 33.5 Å². The Bertz CT molecular complexity index is 1180. The summed E-state index contributed by atoms with van der Waals surface area (Å²) in [6.45, 7) is 0.708. The monoisotopic (exact) mass is 410 g/mol. The summed E-state index contributed by atoms with van der Waals surface area (Å²) in [4.78, 5) is 3.92. The zero-order chi connectivity index (χ0) is 20.2. The molecule has 0 aliphatic carbocycles. The summed E-state index contributed by atoms with van der Waals surface area (Å²) in [5, 5.41) is 13.0. The second-order valence-electron chi connectivity index (χ2n) is 6.27. The van der Waals surface area contributed by atoms with E-state index in [9.17, 15) is 8.78 Å². The van der Waals surface area contributed by atoms with E-state index in [2.05, 4.69) is 25.4 Å². The number of H-pyrrole nitrogens is 2. The Morgan fingerprint density at radius 3 is 2.64 bits per heavy atom. The van der Waals surface area contributed by atoms with E-state index in [0.29, 0.717) is 29.1 Å². The van der Waals surface area contributed by atoms with Crippen molar-refractivity contribution in [2.75, 3.05) is 7.11 Å². The molecule has 0 saturated carbocycles. The van der Waals surface area contributed by atoms with Crippen LogP contribution in [0.4, 0.5) is 13.2 Å². The largest absolute Gasteiger partial charge is 0.495 e. The number of aryl methyl sites for hydroxylation is 1. The van der Waals surface area contributed by atoms with Crippen molar-refractivity contribution in [3.8, 4) is 28.4 Å². The average molecular weight is 411 g/mol. The number of hydrogen-bond acceptors (Lipinski definition) is 4. The average Bonchev–Trinajstić information content (AvgIpc) is 3.36. The number of alkyl halides is 2. The Hall–Kier alpha value is -3.01. The molecule has 1 aromatic carbocycles. The predicted molar refractivity (Wildman–Crippen MR) is 97.0 cm³/mol. The molecule has 7 nitrogen and oxygen atoms in total. The molecule has 0 amide bonds. The highest BCUT2D eigenvalue weighted by atomic mass is 35.5. The van der Waals surface area contributed by atoms with E-state index in [1.165, 1.54) is 17.9 Å². The lowest BCUT2D eigenvalue weighted by molar-refractivity contribution is 0.00813. The van der Waals surface area contributed by atoms with Gasteiger partial charge >= 0.3 is 5.92 Å². The van der Waals surface area contributed by atoms with Gasteiger partial charge in [-0.1, -0.05) is 11.6 Å².